The Morgan fingerprint density at radius 2 is 1.77 bits per heavy atom. The Labute approximate surface area is 83.1 Å². The van der Waals surface area contributed by atoms with Gasteiger partial charge in [0.05, 0.1) is 0 Å². The first-order chi connectivity index (χ1) is 6.20. The molecule has 0 spiro atoms. The fourth-order valence-electron chi connectivity index (χ4n) is 2.38. The van der Waals surface area contributed by atoms with E-state index in [1.54, 1.807) is 0 Å². The van der Waals surface area contributed by atoms with Gasteiger partial charge >= 0.3 is 0 Å². The van der Waals surface area contributed by atoms with Crippen molar-refractivity contribution >= 4 is 0 Å². The van der Waals surface area contributed by atoms with Crippen molar-refractivity contribution in [1.29, 1.82) is 0 Å². The molecule has 78 valence electrons. The van der Waals surface area contributed by atoms with Crippen LogP contribution >= 0.6 is 0 Å². The van der Waals surface area contributed by atoms with Crippen LogP contribution in [0.5, 0.6) is 0 Å². The van der Waals surface area contributed by atoms with Crippen molar-refractivity contribution < 1.29 is 0 Å². The highest BCUT2D eigenvalue weighted by atomic mass is 14.6. The highest BCUT2D eigenvalue weighted by molar-refractivity contribution is 4.77. The average Bonchev–Trinajstić information content (AvgIpc) is 2.55. The quantitative estimate of drug-likeness (QED) is 0.695. The Morgan fingerprint density at radius 1 is 1.15 bits per heavy atom. The molecule has 0 aromatic rings. The number of nitrogens with two attached hydrogens (primary N) is 1. The minimum absolute atomic E-state index is 0.501. The largest absolute Gasteiger partial charge is 0.327 e. The summed E-state index contributed by atoms with van der Waals surface area (Å²) in [6.45, 7) is 4.59. The van der Waals surface area contributed by atoms with Gasteiger partial charge in [0.15, 0.2) is 0 Å². The minimum Gasteiger partial charge on any atom is -0.327 e. The van der Waals surface area contributed by atoms with Crippen LogP contribution in [0, 0.1) is 11.8 Å². The van der Waals surface area contributed by atoms with Crippen molar-refractivity contribution in [2.24, 2.45) is 17.6 Å². The second-order valence-electron chi connectivity index (χ2n) is 5.03. The summed E-state index contributed by atoms with van der Waals surface area (Å²) in [6.07, 6.45) is 9.55. The zero-order valence-electron chi connectivity index (χ0n) is 9.26. The Morgan fingerprint density at radius 3 is 2.31 bits per heavy atom. The van der Waals surface area contributed by atoms with Gasteiger partial charge in [0.2, 0.25) is 0 Å². The lowest BCUT2D eigenvalue weighted by molar-refractivity contribution is 0.386. The van der Waals surface area contributed by atoms with Crippen LogP contribution in [-0.4, -0.2) is 6.04 Å². The summed E-state index contributed by atoms with van der Waals surface area (Å²) < 4.78 is 0. The van der Waals surface area contributed by atoms with Crippen molar-refractivity contribution in [2.45, 2.75) is 64.8 Å². The molecule has 0 radical (unpaired) electrons. The molecule has 0 heterocycles. The molecule has 1 aliphatic carbocycles. The van der Waals surface area contributed by atoms with Gasteiger partial charge in [-0.3, -0.25) is 0 Å². The summed E-state index contributed by atoms with van der Waals surface area (Å²) in [7, 11) is 0. The molecule has 1 fully saturated rings. The van der Waals surface area contributed by atoms with Gasteiger partial charge in [0, 0.05) is 6.04 Å². The summed E-state index contributed by atoms with van der Waals surface area (Å²) >= 11 is 0. The maximum Gasteiger partial charge on any atom is 0.00671 e. The molecular weight excluding hydrogens is 158 g/mol. The van der Waals surface area contributed by atoms with Crippen LogP contribution in [-0.2, 0) is 0 Å². The van der Waals surface area contributed by atoms with Crippen molar-refractivity contribution in [3.8, 4) is 0 Å². The molecule has 0 amide bonds. The molecule has 0 bridgehead atoms. The summed E-state index contributed by atoms with van der Waals surface area (Å²) in [5.74, 6) is 1.70. The smallest absolute Gasteiger partial charge is 0.00671 e. The van der Waals surface area contributed by atoms with Crippen LogP contribution in [0.4, 0.5) is 0 Å². The van der Waals surface area contributed by atoms with E-state index in [2.05, 4.69) is 13.8 Å². The van der Waals surface area contributed by atoms with E-state index in [1.807, 2.05) is 0 Å². The van der Waals surface area contributed by atoms with Crippen LogP contribution in [0.2, 0.25) is 0 Å². The topological polar surface area (TPSA) is 26.0 Å². The van der Waals surface area contributed by atoms with Gasteiger partial charge in [0.25, 0.3) is 0 Å². The first-order valence-electron chi connectivity index (χ1n) is 5.95. The van der Waals surface area contributed by atoms with Gasteiger partial charge in [-0.05, 0) is 31.1 Å². The second kappa shape index (κ2) is 5.64. The van der Waals surface area contributed by atoms with E-state index in [1.165, 1.54) is 44.9 Å². The molecule has 1 rings (SSSR count). The molecule has 0 saturated heterocycles. The first kappa shape index (κ1) is 11.0. The predicted molar refractivity (Wildman–Crippen MR) is 58.6 cm³/mol. The molecule has 1 heteroatoms. The number of hydrogen-bond acceptors (Lipinski definition) is 1. The summed E-state index contributed by atoms with van der Waals surface area (Å²) in [5, 5.41) is 0. The van der Waals surface area contributed by atoms with Crippen LogP contribution in [0.25, 0.3) is 0 Å². The monoisotopic (exact) mass is 183 g/mol. The Bertz CT molecular complexity index is 125. The zero-order chi connectivity index (χ0) is 9.68. The zero-order valence-corrected chi connectivity index (χ0v) is 9.26. The van der Waals surface area contributed by atoms with Crippen LogP contribution in [0.1, 0.15) is 58.8 Å². The normalized spacial score (nSPS) is 21.2. The highest BCUT2D eigenvalue weighted by Gasteiger charge is 2.21. The lowest BCUT2D eigenvalue weighted by Gasteiger charge is -2.18. The van der Waals surface area contributed by atoms with E-state index in [4.69, 9.17) is 5.73 Å². The Hall–Kier alpha value is -0.0400. The third-order valence-electron chi connectivity index (χ3n) is 3.32. The van der Waals surface area contributed by atoms with E-state index in [0.717, 1.165) is 11.8 Å². The van der Waals surface area contributed by atoms with Gasteiger partial charge in [0.1, 0.15) is 0 Å². The molecule has 1 unspecified atom stereocenters. The minimum atomic E-state index is 0.501. The second-order valence-corrected chi connectivity index (χ2v) is 5.03. The summed E-state index contributed by atoms with van der Waals surface area (Å²) in [4.78, 5) is 0. The van der Waals surface area contributed by atoms with Gasteiger partial charge in [-0.15, -0.1) is 0 Å². The van der Waals surface area contributed by atoms with Gasteiger partial charge in [-0.2, -0.15) is 0 Å². The van der Waals surface area contributed by atoms with Crippen LogP contribution in [0.15, 0.2) is 0 Å². The maximum atomic E-state index is 6.17. The fraction of sp³-hybridized carbons (Fsp3) is 1.00. The van der Waals surface area contributed by atoms with Crippen molar-refractivity contribution in [2.75, 3.05) is 0 Å². The molecule has 0 aromatic carbocycles. The van der Waals surface area contributed by atoms with Gasteiger partial charge in [-0.1, -0.05) is 39.5 Å². The van der Waals surface area contributed by atoms with E-state index in [9.17, 15) is 0 Å². The lowest BCUT2D eigenvalue weighted by atomic mass is 9.93. The van der Waals surface area contributed by atoms with Gasteiger partial charge in [-0.25, -0.2) is 0 Å². The maximum absolute atomic E-state index is 6.17. The van der Waals surface area contributed by atoms with E-state index >= 15 is 0 Å². The molecule has 13 heavy (non-hydrogen) atoms. The Balaban J connectivity index is 2.06. The third kappa shape index (κ3) is 4.12. The van der Waals surface area contributed by atoms with Crippen molar-refractivity contribution in [1.82, 2.24) is 0 Å². The van der Waals surface area contributed by atoms with Gasteiger partial charge < -0.3 is 5.73 Å². The highest BCUT2D eigenvalue weighted by Crippen LogP contribution is 2.28. The van der Waals surface area contributed by atoms with E-state index in [-0.39, 0.29) is 0 Å². The number of hydrogen-bond donors (Lipinski definition) is 1. The molecule has 1 aliphatic rings. The summed E-state index contributed by atoms with van der Waals surface area (Å²) in [5.41, 5.74) is 6.17. The molecule has 0 aliphatic heterocycles. The molecule has 2 N–H and O–H groups in total. The summed E-state index contributed by atoms with van der Waals surface area (Å²) in [6, 6.07) is 0.501. The van der Waals surface area contributed by atoms with Crippen LogP contribution in [0.3, 0.4) is 0 Å². The van der Waals surface area contributed by atoms with Crippen molar-refractivity contribution in [3.63, 3.8) is 0 Å². The molecule has 1 atom stereocenters. The molecule has 1 nitrogen and oxygen atoms in total. The lowest BCUT2D eigenvalue weighted by Crippen LogP contribution is -2.28. The number of rotatable bonds is 5. The SMILES string of the molecule is CC(C)CCCC(N)C1CCCC1. The first-order valence-corrected chi connectivity index (χ1v) is 5.95. The predicted octanol–water partition coefficient (Wildman–Crippen LogP) is 3.33. The Kier molecular flexibility index (Phi) is 4.79. The third-order valence-corrected chi connectivity index (χ3v) is 3.32. The molecule has 0 aromatic heterocycles. The average molecular weight is 183 g/mol. The molecule has 1 saturated carbocycles. The van der Waals surface area contributed by atoms with E-state index < -0.39 is 0 Å². The van der Waals surface area contributed by atoms with Crippen molar-refractivity contribution in [3.05, 3.63) is 0 Å². The molecular formula is C12H25N. The van der Waals surface area contributed by atoms with Crippen LogP contribution < -0.4 is 5.73 Å². The fourth-order valence-corrected chi connectivity index (χ4v) is 2.38. The van der Waals surface area contributed by atoms with E-state index in [0.29, 0.717) is 6.04 Å². The standard InChI is InChI=1S/C12H25N/c1-10(2)6-5-9-12(13)11-7-3-4-8-11/h10-12H,3-9,13H2,1-2H3.